The number of fused-ring (bicyclic) bond motifs is 2. The molecule has 0 spiro atoms. The van der Waals surface area contributed by atoms with Crippen molar-refractivity contribution in [2.75, 3.05) is 0 Å². The van der Waals surface area contributed by atoms with E-state index in [1.54, 1.807) is 0 Å². The molecule has 98 valence electrons. The Hall–Kier alpha value is -0.760. The van der Waals surface area contributed by atoms with Crippen LogP contribution >= 0.6 is 0 Å². The van der Waals surface area contributed by atoms with Gasteiger partial charge in [-0.2, -0.15) is 0 Å². The van der Waals surface area contributed by atoms with Gasteiger partial charge in [0, 0.05) is 31.5 Å². The second-order valence-corrected chi connectivity index (χ2v) is 6.81. The van der Waals surface area contributed by atoms with Crippen molar-refractivity contribution in [2.45, 2.75) is 57.7 Å². The van der Waals surface area contributed by atoms with Crippen molar-refractivity contribution in [1.82, 2.24) is 9.88 Å². The van der Waals surface area contributed by atoms with Crippen molar-refractivity contribution in [2.24, 2.45) is 17.8 Å². The Labute approximate surface area is 110 Å². The van der Waals surface area contributed by atoms with Crippen LogP contribution in [-0.2, 0) is 13.1 Å². The van der Waals surface area contributed by atoms with E-state index in [4.69, 9.17) is 0 Å². The number of nitrogens with one attached hydrogen (secondary N) is 1. The Morgan fingerprint density at radius 2 is 2.11 bits per heavy atom. The van der Waals surface area contributed by atoms with Crippen molar-refractivity contribution < 1.29 is 0 Å². The third kappa shape index (κ3) is 2.23. The molecule has 1 aromatic rings. The zero-order valence-electron chi connectivity index (χ0n) is 11.1. The standard InChI is InChI=1S/C16H24N2/c1-2-14-7-12(1)8-15(14)11-18-6-5-13(10-18)9-17-16-3-4-16/h5-6,10,12,14-17H,1-4,7-9,11H2. The van der Waals surface area contributed by atoms with Gasteiger partial charge in [0.25, 0.3) is 0 Å². The molecule has 1 aromatic heterocycles. The van der Waals surface area contributed by atoms with Crippen LogP contribution in [0.25, 0.3) is 0 Å². The summed E-state index contributed by atoms with van der Waals surface area (Å²) in [4.78, 5) is 0. The van der Waals surface area contributed by atoms with E-state index in [2.05, 4.69) is 28.3 Å². The van der Waals surface area contributed by atoms with Crippen LogP contribution in [0.15, 0.2) is 18.5 Å². The first-order valence-corrected chi connectivity index (χ1v) is 7.75. The van der Waals surface area contributed by atoms with E-state index < -0.39 is 0 Å². The lowest BCUT2D eigenvalue weighted by Gasteiger charge is -2.22. The Morgan fingerprint density at radius 1 is 1.17 bits per heavy atom. The van der Waals surface area contributed by atoms with Gasteiger partial charge in [-0.05, 0) is 61.5 Å². The molecule has 2 nitrogen and oxygen atoms in total. The van der Waals surface area contributed by atoms with E-state index in [0.29, 0.717) is 0 Å². The number of nitrogens with zero attached hydrogens (tertiary/aromatic N) is 1. The van der Waals surface area contributed by atoms with Gasteiger partial charge in [-0.25, -0.2) is 0 Å². The summed E-state index contributed by atoms with van der Waals surface area (Å²) in [6, 6.07) is 3.11. The second-order valence-electron chi connectivity index (χ2n) is 6.81. The van der Waals surface area contributed by atoms with Crippen molar-refractivity contribution >= 4 is 0 Å². The highest BCUT2D eigenvalue weighted by atomic mass is 15.0. The van der Waals surface area contributed by atoms with E-state index in [1.165, 1.54) is 50.6 Å². The summed E-state index contributed by atoms with van der Waals surface area (Å²) in [5, 5.41) is 3.59. The summed E-state index contributed by atoms with van der Waals surface area (Å²) >= 11 is 0. The second kappa shape index (κ2) is 4.41. The van der Waals surface area contributed by atoms with E-state index in [0.717, 1.165) is 30.3 Å². The van der Waals surface area contributed by atoms with Gasteiger partial charge in [-0.1, -0.05) is 6.42 Å². The monoisotopic (exact) mass is 244 g/mol. The Kier molecular flexibility index (Phi) is 2.72. The zero-order chi connectivity index (χ0) is 11.9. The van der Waals surface area contributed by atoms with Gasteiger partial charge in [0.05, 0.1) is 0 Å². The quantitative estimate of drug-likeness (QED) is 0.842. The van der Waals surface area contributed by atoms with Crippen LogP contribution in [0.5, 0.6) is 0 Å². The maximum absolute atomic E-state index is 3.59. The van der Waals surface area contributed by atoms with Crippen LogP contribution in [0.3, 0.4) is 0 Å². The number of hydrogen-bond donors (Lipinski definition) is 1. The Balaban J connectivity index is 1.33. The highest BCUT2D eigenvalue weighted by Gasteiger charge is 2.39. The van der Waals surface area contributed by atoms with Crippen LogP contribution < -0.4 is 5.32 Å². The van der Waals surface area contributed by atoms with Crippen molar-refractivity contribution in [3.8, 4) is 0 Å². The molecule has 3 saturated carbocycles. The third-order valence-electron chi connectivity index (χ3n) is 5.31. The summed E-state index contributed by atoms with van der Waals surface area (Å²) in [5.74, 6) is 3.09. The molecule has 0 radical (unpaired) electrons. The van der Waals surface area contributed by atoms with Crippen molar-refractivity contribution in [3.05, 3.63) is 24.0 Å². The highest BCUT2D eigenvalue weighted by Crippen LogP contribution is 2.48. The van der Waals surface area contributed by atoms with Gasteiger partial charge in [-0.15, -0.1) is 0 Å². The van der Waals surface area contributed by atoms with Crippen molar-refractivity contribution in [1.29, 1.82) is 0 Å². The lowest BCUT2D eigenvalue weighted by atomic mass is 9.89. The van der Waals surface area contributed by atoms with Gasteiger partial charge in [0.1, 0.15) is 0 Å². The average molecular weight is 244 g/mol. The summed E-state index contributed by atoms with van der Waals surface area (Å²) in [5.41, 5.74) is 1.46. The SMILES string of the molecule is c1cn(CC2CC3CCC2C3)cc1CNC1CC1. The summed E-state index contributed by atoms with van der Waals surface area (Å²) in [7, 11) is 0. The van der Waals surface area contributed by atoms with Crippen LogP contribution in [0, 0.1) is 17.8 Å². The molecule has 3 aliphatic carbocycles. The molecule has 0 aromatic carbocycles. The molecule has 18 heavy (non-hydrogen) atoms. The van der Waals surface area contributed by atoms with E-state index in [-0.39, 0.29) is 0 Å². The molecule has 0 saturated heterocycles. The van der Waals surface area contributed by atoms with E-state index in [1.807, 2.05) is 0 Å². The topological polar surface area (TPSA) is 17.0 Å². The van der Waals surface area contributed by atoms with Gasteiger partial charge in [0.15, 0.2) is 0 Å². The van der Waals surface area contributed by atoms with Gasteiger partial charge in [0.2, 0.25) is 0 Å². The minimum absolute atomic E-state index is 0.818. The van der Waals surface area contributed by atoms with Crippen LogP contribution in [0.2, 0.25) is 0 Å². The molecule has 3 unspecified atom stereocenters. The fourth-order valence-corrected chi connectivity index (χ4v) is 4.13. The van der Waals surface area contributed by atoms with Crippen LogP contribution in [0.4, 0.5) is 0 Å². The summed E-state index contributed by atoms with van der Waals surface area (Å²) in [6.45, 7) is 2.33. The maximum Gasteiger partial charge on any atom is 0.0250 e. The molecule has 3 atom stereocenters. The van der Waals surface area contributed by atoms with E-state index in [9.17, 15) is 0 Å². The molecule has 0 aliphatic heterocycles. The molecule has 3 fully saturated rings. The minimum Gasteiger partial charge on any atom is -0.354 e. The first-order valence-electron chi connectivity index (χ1n) is 7.75. The van der Waals surface area contributed by atoms with Crippen molar-refractivity contribution in [3.63, 3.8) is 0 Å². The maximum atomic E-state index is 3.59. The van der Waals surface area contributed by atoms with Crippen LogP contribution in [0.1, 0.15) is 44.1 Å². The van der Waals surface area contributed by atoms with Crippen LogP contribution in [-0.4, -0.2) is 10.6 Å². The predicted octanol–water partition coefficient (Wildman–Crippen LogP) is 3.18. The average Bonchev–Trinajstić information content (AvgIpc) is 2.78. The van der Waals surface area contributed by atoms with Gasteiger partial charge in [-0.3, -0.25) is 0 Å². The number of aromatic nitrogens is 1. The Bertz CT molecular complexity index is 418. The highest BCUT2D eigenvalue weighted by molar-refractivity contribution is 5.11. The Morgan fingerprint density at radius 3 is 2.83 bits per heavy atom. The molecule has 0 amide bonds. The normalized spacial score (nSPS) is 34.3. The molecule has 1 N–H and O–H groups in total. The smallest absolute Gasteiger partial charge is 0.0250 e. The minimum atomic E-state index is 0.818. The molecular formula is C16H24N2. The molecule has 1 heterocycles. The van der Waals surface area contributed by atoms with Gasteiger partial charge >= 0.3 is 0 Å². The first-order chi connectivity index (χ1) is 8.87. The zero-order valence-corrected chi connectivity index (χ0v) is 11.1. The first kappa shape index (κ1) is 11.1. The lowest BCUT2D eigenvalue weighted by Crippen LogP contribution is -2.17. The fraction of sp³-hybridized carbons (Fsp3) is 0.750. The molecule has 2 bridgehead atoms. The molecule has 4 rings (SSSR count). The molecule has 3 aliphatic rings. The largest absolute Gasteiger partial charge is 0.354 e. The number of hydrogen-bond acceptors (Lipinski definition) is 1. The molecule has 2 heteroatoms. The predicted molar refractivity (Wildman–Crippen MR) is 73.2 cm³/mol. The van der Waals surface area contributed by atoms with Gasteiger partial charge < -0.3 is 9.88 Å². The van der Waals surface area contributed by atoms with E-state index >= 15 is 0 Å². The lowest BCUT2D eigenvalue weighted by molar-refractivity contribution is 0.296. The third-order valence-corrected chi connectivity index (χ3v) is 5.31. The summed E-state index contributed by atoms with van der Waals surface area (Å²) < 4.78 is 2.44. The molecular weight excluding hydrogens is 220 g/mol. The fourth-order valence-electron chi connectivity index (χ4n) is 4.13. The number of rotatable bonds is 5. The summed E-state index contributed by atoms with van der Waals surface area (Å²) in [6.07, 6.45) is 13.5.